The highest BCUT2D eigenvalue weighted by Gasteiger charge is 2.18. The largest absolute Gasteiger partial charge is 0.461 e. The van der Waals surface area contributed by atoms with E-state index in [0.29, 0.717) is 0 Å². The van der Waals surface area contributed by atoms with Gasteiger partial charge < -0.3 is 4.74 Å². The molecule has 138 valence electrons. The van der Waals surface area contributed by atoms with Gasteiger partial charge in [0.1, 0.15) is 0 Å². The lowest BCUT2D eigenvalue weighted by Gasteiger charge is -2.17. The van der Waals surface area contributed by atoms with Crippen LogP contribution in [0.15, 0.2) is 17.2 Å². The molecule has 25 heavy (non-hydrogen) atoms. The van der Waals surface area contributed by atoms with E-state index in [1.54, 1.807) is 20.2 Å². The Morgan fingerprint density at radius 1 is 1.16 bits per heavy atom. The molecule has 1 aromatic rings. The molecule has 0 saturated heterocycles. The molecule has 0 unspecified atom stereocenters. The number of esters is 1. The zero-order valence-electron chi connectivity index (χ0n) is 16.0. The van der Waals surface area contributed by atoms with Crippen LogP contribution in [0.25, 0.3) is 0 Å². The number of rotatable bonds is 6. The van der Waals surface area contributed by atoms with Crippen LogP contribution in [0.5, 0.6) is 0 Å². The van der Waals surface area contributed by atoms with Crippen molar-refractivity contribution >= 4 is 28.7 Å². The number of ether oxygens (including phenoxy) is 1. The summed E-state index contributed by atoms with van der Waals surface area (Å²) in [5.41, 5.74) is 4.67. The van der Waals surface area contributed by atoms with Gasteiger partial charge in [0.2, 0.25) is 11.0 Å². The second-order valence-electron chi connectivity index (χ2n) is 5.69. The minimum absolute atomic E-state index is 0.149. The van der Waals surface area contributed by atoms with Crippen LogP contribution in [0, 0.1) is 6.92 Å². The first-order valence-corrected chi connectivity index (χ1v) is 9.77. The number of nitrogens with zero attached hydrogens (tertiary/aromatic N) is 2. The van der Waals surface area contributed by atoms with Crippen LogP contribution >= 0.6 is 11.8 Å². The third-order valence-electron chi connectivity index (χ3n) is 3.91. The number of carbonyl (C=O) groups excluding carboxylic acids is 2. The van der Waals surface area contributed by atoms with Gasteiger partial charge >= 0.3 is 5.97 Å². The maximum atomic E-state index is 12.6. The summed E-state index contributed by atoms with van der Waals surface area (Å²) in [7, 11) is 1.57. The smallest absolute Gasteiger partial charge is 0.365 e. The number of likely N-dealkylation sites (N-methyl/N-ethyl adjacent to an activating group) is 1. The van der Waals surface area contributed by atoms with Gasteiger partial charge in [0, 0.05) is 7.05 Å². The van der Waals surface area contributed by atoms with Crippen LogP contribution in [0.3, 0.4) is 0 Å². The van der Waals surface area contributed by atoms with Crippen LogP contribution < -0.4 is 0 Å². The average Bonchev–Trinajstić information content (AvgIpc) is 2.60. The zero-order chi connectivity index (χ0) is 19.0. The fraction of sp³-hybridized carbons (Fsp3) is 0.526. The minimum Gasteiger partial charge on any atom is -0.461 e. The van der Waals surface area contributed by atoms with E-state index in [1.165, 1.54) is 33.5 Å². The number of benzene rings is 1. The summed E-state index contributed by atoms with van der Waals surface area (Å²) >= 11 is 1.17. The molecular formula is C19H28N2O3S. The summed E-state index contributed by atoms with van der Waals surface area (Å²) in [6.07, 6.45) is 3.77. The molecule has 5 nitrogen and oxygen atoms in total. The van der Waals surface area contributed by atoms with Crippen molar-refractivity contribution in [1.29, 1.82) is 0 Å². The third kappa shape index (κ3) is 5.88. The third-order valence-corrected chi connectivity index (χ3v) is 4.55. The van der Waals surface area contributed by atoms with Crippen molar-refractivity contribution in [2.45, 2.75) is 47.0 Å². The summed E-state index contributed by atoms with van der Waals surface area (Å²) in [5, 5.41) is 5.54. The van der Waals surface area contributed by atoms with E-state index in [9.17, 15) is 9.59 Å². The zero-order valence-corrected chi connectivity index (χ0v) is 16.8. The monoisotopic (exact) mass is 364 g/mol. The SMILES string of the molecule is CCOC(=O)/C(=N/N(C)C(=O)Cc1c(CC)cc(C)cc1CC)SC. The molecule has 0 saturated carbocycles. The van der Waals surface area contributed by atoms with Crippen molar-refractivity contribution in [2.24, 2.45) is 5.10 Å². The molecule has 1 rings (SSSR count). The molecule has 0 N–H and O–H groups in total. The van der Waals surface area contributed by atoms with Crippen molar-refractivity contribution in [3.05, 3.63) is 34.4 Å². The first-order valence-electron chi connectivity index (χ1n) is 8.55. The van der Waals surface area contributed by atoms with Gasteiger partial charge in [-0.1, -0.05) is 31.5 Å². The molecular weight excluding hydrogens is 336 g/mol. The van der Waals surface area contributed by atoms with Gasteiger partial charge in [-0.3, -0.25) is 4.79 Å². The Balaban J connectivity index is 3.04. The van der Waals surface area contributed by atoms with E-state index in [0.717, 1.165) is 18.4 Å². The van der Waals surface area contributed by atoms with Crippen molar-refractivity contribution in [3.63, 3.8) is 0 Å². The molecule has 1 amide bonds. The fourth-order valence-corrected chi connectivity index (χ4v) is 3.07. The lowest BCUT2D eigenvalue weighted by molar-refractivity contribution is -0.134. The van der Waals surface area contributed by atoms with Crippen LogP contribution in [-0.4, -0.2) is 41.8 Å². The molecule has 0 heterocycles. The van der Waals surface area contributed by atoms with E-state index in [-0.39, 0.29) is 24.0 Å². The van der Waals surface area contributed by atoms with Gasteiger partial charge in [0.05, 0.1) is 13.0 Å². The number of aryl methyl sites for hydroxylation is 3. The van der Waals surface area contributed by atoms with Gasteiger partial charge in [-0.2, -0.15) is 5.10 Å². The highest BCUT2D eigenvalue weighted by molar-refractivity contribution is 8.15. The maximum Gasteiger partial charge on any atom is 0.365 e. The van der Waals surface area contributed by atoms with E-state index in [2.05, 4.69) is 38.0 Å². The Kier molecular flexibility index (Phi) is 8.69. The lowest BCUT2D eigenvalue weighted by atomic mass is 9.92. The summed E-state index contributed by atoms with van der Waals surface area (Å²) < 4.78 is 4.95. The van der Waals surface area contributed by atoms with Crippen LogP contribution in [0.2, 0.25) is 0 Å². The fourth-order valence-electron chi connectivity index (χ4n) is 2.65. The molecule has 0 radical (unpaired) electrons. The van der Waals surface area contributed by atoms with Crippen molar-refractivity contribution < 1.29 is 14.3 Å². The summed E-state index contributed by atoms with van der Waals surface area (Å²) in [6, 6.07) is 4.27. The van der Waals surface area contributed by atoms with E-state index in [1.807, 2.05) is 0 Å². The minimum atomic E-state index is -0.506. The molecule has 0 aliphatic rings. The first kappa shape index (κ1) is 21.2. The standard InChI is InChI=1S/C19H28N2O3S/c1-7-14-10-13(4)11-15(8-2)16(14)12-17(22)21(5)20-18(25-6)19(23)24-9-3/h10-11H,7-9,12H2,1-6H3/b20-18-. The highest BCUT2D eigenvalue weighted by Crippen LogP contribution is 2.21. The number of carbonyl (C=O) groups is 2. The summed E-state index contributed by atoms with van der Waals surface area (Å²) in [4.78, 5) is 24.4. The predicted octanol–water partition coefficient (Wildman–Crippen LogP) is 3.36. The Labute approximate surface area is 154 Å². The normalized spacial score (nSPS) is 11.4. The second kappa shape index (κ2) is 10.2. The Hall–Kier alpha value is -1.82. The first-order chi connectivity index (χ1) is 11.9. The molecule has 0 bridgehead atoms. The molecule has 0 aromatic heterocycles. The van der Waals surface area contributed by atoms with Crippen molar-refractivity contribution in [3.8, 4) is 0 Å². The molecule has 0 aliphatic heterocycles. The van der Waals surface area contributed by atoms with Gasteiger partial charge in [0.15, 0.2) is 0 Å². The summed E-state index contributed by atoms with van der Waals surface area (Å²) in [6.45, 7) is 8.28. The maximum absolute atomic E-state index is 12.6. The highest BCUT2D eigenvalue weighted by atomic mass is 32.2. The van der Waals surface area contributed by atoms with Crippen molar-refractivity contribution in [2.75, 3.05) is 19.9 Å². The average molecular weight is 365 g/mol. The van der Waals surface area contributed by atoms with Gasteiger partial charge in [-0.15, -0.1) is 11.8 Å². The quantitative estimate of drug-likeness (QED) is 0.336. The second-order valence-corrected chi connectivity index (χ2v) is 6.49. The number of hydrogen-bond acceptors (Lipinski definition) is 5. The molecule has 0 atom stereocenters. The Bertz CT molecular complexity index is 631. The number of hydrazone groups is 1. The molecule has 0 aliphatic carbocycles. The number of amides is 1. The van der Waals surface area contributed by atoms with Gasteiger partial charge in [0.25, 0.3) is 0 Å². The lowest BCUT2D eigenvalue weighted by Crippen LogP contribution is -2.27. The molecule has 0 fully saturated rings. The topological polar surface area (TPSA) is 59.0 Å². The van der Waals surface area contributed by atoms with E-state index >= 15 is 0 Å². The molecule has 0 spiro atoms. The van der Waals surface area contributed by atoms with E-state index in [4.69, 9.17) is 4.74 Å². The van der Waals surface area contributed by atoms with Gasteiger partial charge in [-0.05, 0) is 49.6 Å². The molecule has 1 aromatic carbocycles. The molecule has 6 heteroatoms. The predicted molar refractivity (Wildman–Crippen MR) is 104 cm³/mol. The van der Waals surface area contributed by atoms with Gasteiger partial charge in [-0.25, -0.2) is 9.80 Å². The Morgan fingerprint density at radius 2 is 1.72 bits per heavy atom. The van der Waals surface area contributed by atoms with Crippen LogP contribution in [-0.2, 0) is 33.6 Å². The van der Waals surface area contributed by atoms with Crippen LogP contribution in [0.1, 0.15) is 43.0 Å². The Morgan fingerprint density at radius 3 is 2.16 bits per heavy atom. The summed E-state index contributed by atoms with van der Waals surface area (Å²) in [5.74, 6) is -0.655. The number of hydrogen-bond donors (Lipinski definition) is 0. The van der Waals surface area contributed by atoms with Crippen LogP contribution in [0.4, 0.5) is 0 Å². The van der Waals surface area contributed by atoms with Crippen molar-refractivity contribution in [1.82, 2.24) is 5.01 Å². The number of thioether (sulfide) groups is 1. The van der Waals surface area contributed by atoms with E-state index < -0.39 is 5.97 Å².